The van der Waals surface area contributed by atoms with Crippen molar-refractivity contribution in [2.24, 2.45) is 5.92 Å². The molecule has 28 heavy (non-hydrogen) atoms. The van der Waals surface area contributed by atoms with Gasteiger partial charge in [0.05, 0.1) is 10.5 Å². The molecule has 152 valence electrons. The molecule has 0 amide bonds. The fraction of sp³-hybridized carbons (Fsp3) is 0.368. The maximum absolute atomic E-state index is 13.9. The highest BCUT2D eigenvalue weighted by atomic mass is 32.2. The maximum Gasteiger partial charge on any atom is 0.416 e. The lowest BCUT2D eigenvalue weighted by molar-refractivity contribution is -0.140. The van der Waals surface area contributed by atoms with Gasteiger partial charge in [-0.15, -0.1) is 0 Å². The van der Waals surface area contributed by atoms with E-state index in [0.29, 0.717) is 6.42 Å². The van der Waals surface area contributed by atoms with Gasteiger partial charge in [0.15, 0.2) is 0 Å². The number of halogens is 4. The number of benzene rings is 2. The van der Waals surface area contributed by atoms with Crippen LogP contribution < -0.4 is 0 Å². The average Bonchev–Trinajstić information content (AvgIpc) is 2.57. The second-order valence-corrected chi connectivity index (χ2v) is 8.39. The van der Waals surface area contributed by atoms with Gasteiger partial charge in [-0.25, -0.2) is 4.39 Å². The van der Waals surface area contributed by atoms with Gasteiger partial charge in [0, 0.05) is 18.7 Å². The van der Waals surface area contributed by atoms with E-state index >= 15 is 0 Å². The minimum atomic E-state index is -4.62. The van der Waals surface area contributed by atoms with Crippen LogP contribution in [0.4, 0.5) is 17.6 Å². The molecule has 1 heterocycles. The van der Waals surface area contributed by atoms with Gasteiger partial charge in [-0.3, -0.25) is 0 Å². The van der Waals surface area contributed by atoms with E-state index in [9.17, 15) is 26.0 Å². The highest BCUT2D eigenvalue weighted by molar-refractivity contribution is 7.86. The first-order valence-corrected chi connectivity index (χ1v) is 10.1. The molecule has 1 fully saturated rings. The summed E-state index contributed by atoms with van der Waals surface area (Å²) in [6.07, 6.45) is -4.40. The zero-order valence-corrected chi connectivity index (χ0v) is 15.9. The van der Waals surface area contributed by atoms with Gasteiger partial charge in [0.2, 0.25) is 0 Å². The predicted molar refractivity (Wildman–Crippen MR) is 94.2 cm³/mol. The molecule has 0 saturated carbocycles. The molecule has 0 N–H and O–H groups in total. The topological polar surface area (TPSA) is 46.6 Å². The first-order valence-electron chi connectivity index (χ1n) is 8.67. The zero-order chi connectivity index (χ0) is 20.5. The summed E-state index contributed by atoms with van der Waals surface area (Å²) in [7, 11) is -3.94. The molecule has 0 atom stereocenters. The van der Waals surface area contributed by atoms with Gasteiger partial charge in [-0.05, 0) is 49.9 Å². The summed E-state index contributed by atoms with van der Waals surface area (Å²) in [5.41, 5.74) is -0.419. The third-order valence-electron chi connectivity index (χ3n) is 4.66. The van der Waals surface area contributed by atoms with Crippen molar-refractivity contribution in [2.45, 2.75) is 30.8 Å². The predicted octanol–water partition coefficient (Wildman–Crippen LogP) is 4.34. The lowest BCUT2D eigenvalue weighted by Gasteiger charge is -2.37. The molecule has 0 unspecified atom stereocenters. The van der Waals surface area contributed by atoms with Crippen molar-refractivity contribution in [3.05, 3.63) is 65.0 Å². The monoisotopic (exact) mass is 417 g/mol. The molecule has 1 saturated heterocycles. The first kappa shape index (κ1) is 20.8. The summed E-state index contributed by atoms with van der Waals surface area (Å²) < 4.78 is 82.3. The molecule has 1 aliphatic heterocycles. The van der Waals surface area contributed by atoms with Crippen molar-refractivity contribution in [1.29, 1.82) is 0 Å². The molecular formula is C19H19F4NO3S. The molecule has 0 aromatic heterocycles. The van der Waals surface area contributed by atoms with Gasteiger partial charge in [-0.1, -0.05) is 23.8 Å². The third-order valence-corrected chi connectivity index (χ3v) is 5.92. The van der Waals surface area contributed by atoms with E-state index in [1.54, 1.807) is 12.1 Å². The van der Waals surface area contributed by atoms with Crippen molar-refractivity contribution >= 4 is 10.1 Å². The van der Waals surface area contributed by atoms with Gasteiger partial charge >= 0.3 is 16.3 Å². The molecule has 3 rings (SSSR count). The van der Waals surface area contributed by atoms with Crippen LogP contribution in [-0.4, -0.2) is 26.6 Å². The quantitative estimate of drug-likeness (QED) is 0.656. The number of nitrogens with zero attached hydrogens (tertiary/aromatic N) is 1. The summed E-state index contributed by atoms with van der Waals surface area (Å²) >= 11 is 0. The molecule has 0 aliphatic carbocycles. The Hall–Kier alpha value is -1.97. The van der Waals surface area contributed by atoms with Crippen LogP contribution in [0.15, 0.2) is 47.4 Å². The minimum absolute atomic E-state index is 0.0303. The van der Waals surface area contributed by atoms with Gasteiger partial charge < -0.3 is 0 Å². The van der Waals surface area contributed by atoms with Crippen LogP contribution in [-0.2, 0) is 27.0 Å². The van der Waals surface area contributed by atoms with Crippen LogP contribution in [0.25, 0.3) is 0 Å². The highest BCUT2D eigenvalue weighted by Gasteiger charge is 2.36. The van der Waals surface area contributed by atoms with Crippen molar-refractivity contribution < 1.29 is 30.3 Å². The van der Waals surface area contributed by atoms with Crippen LogP contribution >= 0.6 is 0 Å². The van der Waals surface area contributed by atoms with Crippen LogP contribution in [0.3, 0.4) is 0 Å². The Morgan fingerprint density at radius 1 is 1.11 bits per heavy atom. The summed E-state index contributed by atoms with van der Waals surface area (Å²) in [6.45, 7) is 2.33. The van der Waals surface area contributed by atoms with E-state index in [0.717, 1.165) is 23.8 Å². The van der Waals surface area contributed by atoms with Crippen molar-refractivity contribution in [3.63, 3.8) is 0 Å². The summed E-state index contributed by atoms with van der Waals surface area (Å²) in [5.74, 6) is -0.960. The Kier molecular flexibility index (Phi) is 5.79. The third kappa shape index (κ3) is 4.71. The molecule has 0 bridgehead atoms. The smallest absolute Gasteiger partial charge is 0.207 e. The zero-order valence-electron chi connectivity index (χ0n) is 15.0. The number of aryl methyl sites for hydroxylation is 1. The molecule has 4 nitrogen and oxygen atoms in total. The Bertz CT molecular complexity index is 937. The molecule has 2 aromatic rings. The van der Waals surface area contributed by atoms with Crippen LogP contribution in [0, 0.1) is 18.7 Å². The standard InChI is InChI=1S/C19H19F4NO3S/c1-13-5-8-15(9-6-13)28(25,26)27-24-11-14(12-24)7-10-16-17(19(21,22)23)3-2-4-18(16)20/h2-6,8-9,14H,7,10-12H2,1H3. The summed E-state index contributed by atoms with van der Waals surface area (Å²) in [5, 5.41) is 1.24. The Morgan fingerprint density at radius 3 is 2.36 bits per heavy atom. The lowest BCUT2D eigenvalue weighted by atomic mass is 9.92. The van der Waals surface area contributed by atoms with Crippen molar-refractivity contribution in [3.8, 4) is 0 Å². The summed E-state index contributed by atoms with van der Waals surface area (Å²) in [4.78, 5) is 0.0303. The van der Waals surface area contributed by atoms with E-state index in [1.807, 2.05) is 6.92 Å². The number of hydrogen-bond acceptors (Lipinski definition) is 4. The Labute approximate surface area is 160 Å². The van der Waals surface area contributed by atoms with Gasteiger partial charge in [0.25, 0.3) is 0 Å². The first-order chi connectivity index (χ1) is 13.1. The number of hydrogen-bond donors (Lipinski definition) is 0. The second kappa shape index (κ2) is 7.81. The summed E-state index contributed by atoms with van der Waals surface area (Å²) in [6, 6.07) is 9.11. The van der Waals surface area contributed by atoms with Gasteiger partial charge in [0.1, 0.15) is 5.82 Å². The fourth-order valence-electron chi connectivity index (χ4n) is 3.08. The second-order valence-electron chi connectivity index (χ2n) is 6.86. The molecule has 2 aromatic carbocycles. The van der Waals surface area contributed by atoms with Gasteiger partial charge in [-0.2, -0.15) is 30.9 Å². The molecule has 9 heteroatoms. The SMILES string of the molecule is Cc1ccc(S(=O)(=O)ON2CC(CCc3c(F)cccc3C(F)(F)F)C2)cc1. The largest absolute Gasteiger partial charge is 0.416 e. The maximum atomic E-state index is 13.9. The van der Waals surface area contributed by atoms with Crippen molar-refractivity contribution in [1.82, 2.24) is 5.06 Å². The Morgan fingerprint density at radius 2 is 1.75 bits per heavy atom. The van der Waals surface area contributed by atoms with Crippen LogP contribution in [0.5, 0.6) is 0 Å². The molecule has 1 aliphatic rings. The fourth-order valence-corrected chi connectivity index (χ4v) is 4.03. The minimum Gasteiger partial charge on any atom is -0.207 e. The van der Waals surface area contributed by atoms with Crippen LogP contribution in [0.2, 0.25) is 0 Å². The number of alkyl halides is 3. The van der Waals surface area contributed by atoms with E-state index in [1.165, 1.54) is 17.2 Å². The lowest BCUT2D eigenvalue weighted by Crippen LogP contribution is -2.47. The van der Waals surface area contributed by atoms with E-state index in [2.05, 4.69) is 0 Å². The van der Waals surface area contributed by atoms with E-state index < -0.39 is 27.7 Å². The van der Waals surface area contributed by atoms with Crippen molar-refractivity contribution in [2.75, 3.05) is 13.1 Å². The number of rotatable bonds is 6. The Balaban J connectivity index is 1.55. The molecule has 0 spiro atoms. The van der Waals surface area contributed by atoms with E-state index in [-0.39, 0.29) is 35.9 Å². The number of hydroxylamine groups is 2. The molecule has 0 radical (unpaired) electrons. The highest BCUT2D eigenvalue weighted by Crippen LogP contribution is 2.34. The van der Waals surface area contributed by atoms with Crippen LogP contribution in [0.1, 0.15) is 23.1 Å². The molecular weight excluding hydrogens is 398 g/mol. The normalized spacial score (nSPS) is 16.2. The average molecular weight is 417 g/mol. The van der Waals surface area contributed by atoms with E-state index in [4.69, 9.17) is 4.28 Å².